The van der Waals surface area contributed by atoms with Crippen molar-refractivity contribution >= 4 is 71.1 Å². The highest BCUT2D eigenvalue weighted by Gasteiger charge is 2.29. The Morgan fingerprint density at radius 2 is 1.71 bits per heavy atom. The van der Waals surface area contributed by atoms with Gasteiger partial charge in [0.2, 0.25) is 0 Å². The molecule has 0 saturated carbocycles. The van der Waals surface area contributed by atoms with Crippen molar-refractivity contribution in [3.63, 3.8) is 0 Å². The minimum Gasteiger partial charge on any atom is -0.456 e. The van der Waals surface area contributed by atoms with Gasteiger partial charge in [0.25, 0.3) is 0 Å². The van der Waals surface area contributed by atoms with E-state index < -0.39 is 0 Å². The van der Waals surface area contributed by atoms with Gasteiger partial charge in [0, 0.05) is 27.0 Å². The molecule has 2 bridgehead atoms. The molecule has 3 aromatic heterocycles. The SMILES string of the molecule is Cc1cc(C)n2c3cccc(oc4ccc5c(c4c12)N(c1ccccn1)c1ccccc1S5)c3P. The molecule has 0 saturated heterocycles. The van der Waals surface area contributed by atoms with Crippen LogP contribution >= 0.6 is 21.0 Å². The van der Waals surface area contributed by atoms with Crippen molar-refractivity contribution in [1.29, 1.82) is 0 Å². The number of aromatic nitrogens is 2. The first-order chi connectivity index (χ1) is 17.1. The van der Waals surface area contributed by atoms with Gasteiger partial charge < -0.3 is 8.82 Å². The van der Waals surface area contributed by atoms with Crippen LogP contribution in [0.15, 0.2) is 99.3 Å². The third kappa shape index (κ3) is 3.02. The van der Waals surface area contributed by atoms with Crippen molar-refractivity contribution in [3.8, 4) is 0 Å². The van der Waals surface area contributed by atoms with Gasteiger partial charge in [0.1, 0.15) is 17.0 Å². The van der Waals surface area contributed by atoms with E-state index in [1.807, 2.05) is 24.4 Å². The summed E-state index contributed by atoms with van der Waals surface area (Å²) in [7, 11) is 2.88. The molecule has 35 heavy (non-hydrogen) atoms. The van der Waals surface area contributed by atoms with Gasteiger partial charge in [-0.15, -0.1) is 0 Å². The lowest BCUT2D eigenvalue weighted by atomic mass is 10.1. The van der Waals surface area contributed by atoms with Gasteiger partial charge in [-0.25, -0.2) is 4.98 Å². The zero-order chi connectivity index (χ0) is 23.7. The Bertz CT molecular complexity index is 1820. The van der Waals surface area contributed by atoms with Crippen LogP contribution < -0.4 is 10.2 Å². The van der Waals surface area contributed by atoms with Gasteiger partial charge in [-0.3, -0.25) is 4.90 Å². The Morgan fingerprint density at radius 3 is 2.57 bits per heavy atom. The number of aryl methyl sites for hydroxylation is 2. The van der Waals surface area contributed by atoms with E-state index in [1.54, 1.807) is 11.8 Å². The Balaban J connectivity index is 1.75. The summed E-state index contributed by atoms with van der Waals surface area (Å²) in [5.74, 6) is 0.884. The van der Waals surface area contributed by atoms with E-state index in [-0.39, 0.29) is 0 Å². The van der Waals surface area contributed by atoms with Crippen LogP contribution in [0.2, 0.25) is 0 Å². The lowest BCUT2D eigenvalue weighted by Gasteiger charge is -2.33. The summed E-state index contributed by atoms with van der Waals surface area (Å²) in [6, 6.07) is 27.4. The van der Waals surface area contributed by atoms with Crippen molar-refractivity contribution in [2.24, 2.45) is 0 Å². The predicted molar refractivity (Wildman–Crippen MR) is 149 cm³/mol. The number of anilines is 3. The van der Waals surface area contributed by atoms with E-state index in [9.17, 15) is 0 Å². The van der Waals surface area contributed by atoms with Crippen LogP contribution in [0.5, 0.6) is 0 Å². The fraction of sp³-hybridized carbons (Fsp3) is 0.0690. The molecule has 4 nitrogen and oxygen atoms in total. The van der Waals surface area contributed by atoms with Crippen LogP contribution in [0.1, 0.15) is 11.3 Å². The molecule has 0 N–H and O–H groups in total. The second-order valence-corrected chi connectivity index (χ2v) is 10.5. The molecule has 4 heterocycles. The normalized spacial score (nSPS) is 12.8. The molecular weight excluding hydrogens is 469 g/mol. The molecule has 1 atom stereocenters. The summed E-state index contributed by atoms with van der Waals surface area (Å²) >= 11 is 1.80. The third-order valence-corrected chi connectivity index (χ3v) is 8.34. The molecule has 1 aliphatic heterocycles. The first kappa shape index (κ1) is 20.8. The summed E-state index contributed by atoms with van der Waals surface area (Å²) in [5.41, 5.74) is 8.57. The molecule has 0 fully saturated rings. The maximum Gasteiger partial charge on any atom is 0.139 e. The Morgan fingerprint density at radius 1 is 0.857 bits per heavy atom. The second kappa shape index (κ2) is 7.74. The van der Waals surface area contributed by atoms with Crippen LogP contribution in [0.3, 0.4) is 0 Å². The molecular formula is C29H22N3OPS. The molecule has 6 aromatic rings. The Hall–Kier alpha value is -3.53. The Labute approximate surface area is 209 Å². The lowest BCUT2D eigenvalue weighted by molar-refractivity contribution is 0.661. The van der Waals surface area contributed by atoms with Gasteiger partial charge in [-0.1, -0.05) is 45.3 Å². The van der Waals surface area contributed by atoms with Crippen LogP contribution in [-0.2, 0) is 0 Å². The zero-order valence-corrected chi connectivity index (χ0v) is 21.3. The molecule has 1 unspecified atom stereocenters. The van der Waals surface area contributed by atoms with E-state index in [0.717, 1.165) is 50.1 Å². The lowest BCUT2D eigenvalue weighted by Crippen LogP contribution is -2.16. The summed E-state index contributed by atoms with van der Waals surface area (Å²) < 4.78 is 9.01. The molecule has 0 aliphatic carbocycles. The van der Waals surface area contributed by atoms with Gasteiger partial charge in [-0.2, -0.15) is 0 Å². The van der Waals surface area contributed by atoms with Crippen LogP contribution in [0.25, 0.3) is 27.6 Å². The van der Waals surface area contributed by atoms with Crippen molar-refractivity contribution in [2.45, 2.75) is 23.6 Å². The maximum atomic E-state index is 6.64. The van der Waals surface area contributed by atoms with Crippen LogP contribution in [0.4, 0.5) is 17.2 Å². The highest BCUT2D eigenvalue weighted by atomic mass is 32.2. The number of hydrogen-bond acceptors (Lipinski definition) is 4. The molecule has 3 aromatic carbocycles. The van der Waals surface area contributed by atoms with Crippen LogP contribution in [0, 0.1) is 13.8 Å². The molecule has 170 valence electrons. The molecule has 0 spiro atoms. The van der Waals surface area contributed by atoms with E-state index in [4.69, 9.17) is 9.40 Å². The smallest absolute Gasteiger partial charge is 0.139 e. The quantitative estimate of drug-likeness (QED) is 0.219. The number of benzene rings is 3. The minimum atomic E-state index is 0.840. The van der Waals surface area contributed by atoms with Crippen molar-refractivity contribution in [2.75, 3.05) is 4.90 Å². The number of para-hydroxylation sites is 1. The Kier molecular flexibility index (Phi) is 4.60. The predicted octanol–water partition coefficient (Wildman–Crippen LogP) is 7.85. The van der Waals surface area contributed by atoms with E-state index in [1.165, 1.54) is 21.0 Å². The maximum absolute atomic E-state index is 6.64. The number of rotatable bonds is 1. The first-order valence-electron chi connectivity index (χ1n) is 11.5. The number of hydrogen-bond donors (Lipinski definition) is 0. The zero-order valence-electron chi connectivity index (χ0n) is 19.3. The van der Waals surface area contributed by atoms with Gasteiger partial charge in [0.15, 0.2) is 0 Å². The van der Waals surface area contributed by atoms with Gasteiger partial charge >= 0.3 is 0 Å². The summed E-state index contributed by atoms with van der Waals surface area (Å²) in [6.45, 7) is 4.36. The van der Waals surface area contributed by atoms with Crippen molar-refractivity contribution < 1.29 is 4.42 Å². The monoisotopic (exact) mass is 491 g/mol. The standard InChI is InChI=1S/C29H22N3OPS/c1-17-16-18(2)31-20-9-7-10-22(29(20)34)33-21-13-14-24-28(26(21)27(17)31)32(25-12-5-6-15-30-25)19-8-3-4-11-23(19)35-24/h3-16H,34H2,1-2H3. The average molecular weight is 492 g/mol. The molecule has 0 amide bonds. The van der Waals surface area contributed by atoms with E-state index in [2.05, 4.69) is 93.1 Å². The number of pyridine rings is 1. The fourth-order valence-corrected chi connectivity index (χ4v) is 6.67. The summed E-state index contributed by atoms with van der Waals surface area (Å²) in [4.78, 5) is 9.45. The topological polar surface area (TPSA) is 33.7 Å². The molecule has 7 rings (SSSR count). The van der Waals surface area contributed by atoms with Crippen molar-refractivity contribution in [3.05, 3.63) is 96.3 Å². The summed E-state index contributed by atoms with van der Waals surface area (Å²) in [6.07, 6.45) is 1.85. The van der Waals surface area contributed by atoms with E-state index in [0.29, 0.717) is 0 Å². The minimum absolute atomic E-state index is 0.840. The largest absolute Gasteiger partial charge is 0.456 e. The van der Waals surface area contributed by atoms with Crippen LogP contribution in [-0.4, -0.2) is 9.38 Å². The van der Waals surface area contributed by atoms with Crippen molar-refractivity contribution in [1.82, 2.24) is 9.38 Å². The van der Waals surface area contributed by atoms with Gasteiger partial charge in [-0.05, 0) is 74.0 Å². The molecule has 6 heteroatoms. The summed E-state index contributed by atoms with van der Waals surface area (Å²) in [5, 5.41) is 2.13. The highest BCUT2D eigenvalue weighted by molar-refractivity contribution is 7.99. The average Bonchev–Trinajstić information content (AvgIpc) is 3.17. The fourth-order valence-electron chi connectivity index (χ4n) is 5.22. The van der Waals surface area contributed by atoms with Gasteiger partial charge in [0.05, 0.1) is 27.8 Å². The number of fused-ring (bicyclic) bond motifs is 9. The molecule has 0 radical (unpaired) electrons. The third-order valence-electron chi connectivity index (χ3n) is 6.65. The second-order valence-electron chi connectivity index (χ2n) is 8.82. The molecule has 1 aliphatic rings. The highest BCUT2D eigenvalue weighted by Crippen LogP contribution is 2.54. The first-order valence-corrected chi connectivity index (χ1v) is 12.9. The number of nitrogens with zero attached hydrogens (tertiary/aromatic N) is 3. The van der Waals surface area contributed by atoms with E-state index >= 15 is 0 Å².